The molecule has 1 heterocycles. The lowest BCUT2D eigenvalue weighted by Crippen LogP contribution is -1.99. The standard InChI is InChI=1S/C15H16N2O2/c18-14(19)7-6-13-15(17-9-16-13)12-5-4-10-2-1-3-11(10)8-12/h4-5,8-9H,1-3,6-7H2,(H,16,17)(H,18,19). The minimum atomic E-state index is -0.783. The van der Waals surface area contributed by atoms with Gasteiger partial charge in [-0.3, -0.25) is 4.79 Å². The molecule has 1 aromatic carbocycles. The number of aromatic nitrogens is 2. The summed E-state index contributed by atoms with van der Waals surface area (Å²) >= 11 is 0. The second-order valence-electron chi connectivity index (χ2n) is 4.96. The molecule has 0 radical (unpaired) electrons. The Hall–Kier alpha value is -2.10. The molecule has 3 rings (SSSR count). The lowest BCUT2D eigenvalue weighted by Gasteiger charge is -2.05. The second-order valence-corrected chi connectivity index (χ2v) is 4.96. The number of H-pyrrole nitrogens is 1. The van der Waals surface area contributed by atoms with Crippen LogP contribution in [0.2, 0.25) is 0 Å². The van der Waals surface area contributed by atoms with Gasteiger partial charge in [-0.2, -0.15) is 0 Å². The topological polar surface area (TPSA) is 66.0 Å². The Balaban J connectivity index is 1.90. The molecule has 1 aliphatic carbocycles. The van der Waals surface area contributed by atoms with Crippen LogP contribution in [0.3, 0.4) is 0 Å². The number of nitrogens with one attached hydrogen (secondary N) is 1. The van der Waals surface area contributed by atoms with Crippen molar-refractivity contribution in [3.05, 3.63) is 41.3 Å². The van der Waals surface area contributed by atoms with E-state index >= 15 is 0 Å². The number of fused-ring (bicyclic) bond motifs is 1. The maximum Gasteiger partial charge on any atom is 0.303 e. The third kappa shape index (κ3) is 2.38. The van der Waals surface area contributed by atoms with Gasteiger partial charge in [-0.05, 0) is 36.5 Å². The molecule has 0 fully saturated rings. The first-order valence-corrected chi connectivity index (χ1v) is 6.60. The number of hydrogen-bond acceptors (Lipinski definition) is 2. The van der Waals surface area contributed by atoms with Crippen molar-refractivity contribution < 1.29 is 9.90 Å². The summed E-state index contributed by atoms with van der Waals surface area (Å²) < 4.78 is 0. The van der Waals surface area contributed by atoms with Crippen LogP contribution in [0.4, 0.5) is 0 Å². The van der Waals surface area contributed by atoms with Crippen molar-refractivity contribution in [1.29, 1.82) is 0 Å². The second kappa shape index (κ2) is 4.88. The first-order chi connectivity index (χ1) is 9.24. The first kappa shape index (κ1) is 12.0. The van der Waals surface area contributed by atoms with Gasteiger partial charge in [-0.15, -0.1) is 0 Å². The summed E-state index contributed by atoms with van der Waals surface area (Å²) in [5.41, 5.74) is 5.72. The zero-order chi connectivity index (χ0) is 13.2. The van der Waals surface area contributed by atoms with Crippen LogP contribution in [-0.4, -0.2) is 21.0 Å². The average molecular weight is 256 g/mol. The third-order valence-electron chi connectivity index (χ3n) is 3.68. The Morgan fingerprint density at radius 3 is 3.00 bits per heavy atom. The normalized spacial score (nSPS) is 13.5. The van der Waals surface area contributed by atoms with Gasteiger partial charge in [0, 0.05) is 17.7 Å². The van der Waals surface area contributed by atoms with Crippen LogP contribution in [-0.2, 0) is 24.1 Å². The summed E-state index contributed by atoms with van der Waals surface area (Å²) in [7, 11) is 0. The van der Waals surface area contributed by atoms with Gasteiger partial charge in [0.25, 0.3) is 0 Å². The molecule has 98 valence electrons. The van der Waals surface area contributed by atoms with Gasteiger partial charge in [0.15, 0.2) is 0 Å². The van der Waals surface area contributed by atoms with E-state index in [-0.39, 0.29) is 6.42 Å². The van der Waals surface area contributed by atoms with E-state index in [1.54, 1.807) is 6.33 Å². The number of nitrogens with zero attached hydrogens (tertiary/aromatic N) is 1. The van der Waals surface area contributed by atoms with Crippen molar-refractivity contribution in [2.45, 2.75) is 32.1 Å². The highest BCUT2D eigenvalue weighted by atomic mass is 16.4. The molecule has 2 N–H and O–H groups in total. The Morgan fingerprint density at radius 2 is 2.16 bits per heavy atom. The Kier molecular flexibility index (Phi) is 3.07. The Labute approximate surface area is 111 Å². The summed E-state index contributed by atoms with van der Waals surface area (Å²) in [6.07, 6.45) is 5.78. The molecular formula is C15H16N2O2. The molecule has 0 saturated heterocycles. The van der Waals surface area contributed by atoms with Gasteiger partial charge in [-0.25, -0.2) is 4.98 Å². The molecule has 2 aromatic rings. The highest BCUT2D eigenvalue weighted by molar-refractivity contribution is 5.68. The van der Waals surface area contributed by atoms with Crippen LogP contribution in [0.1, 0.15) is 29.7 Å². The first-order valence-electron chi connectivity index (χ1n) is 6.60. The summed E-state index contributed by atoms with van der Waals surface area (Å²) in [5, 5.41) is 8.77. The van der Waals surface area contributed by atoms with Crippen molar-refractivity contribution in [3.8, 4) is 11.3 Å². The lowest BCUT2D eigenvalue weighted by molar-refractivity contribution is -0.136. The van der Waals surface area contributed by atoms with Crippen molar-refractivity contribution in [1.82, 2.24) is 9.97 Å². The van der Waals surface area contributed by atoms with Crippen molar-refractivity contribution in [2.75, 3.05) is 0 Å². The predicted octanol–water partition coefficient (Wildman–Crippen LogP) is 2.58. The number of aromatic amines is 1. The Bertz CT molecular complexity index is 616. The van der Waals surface area contributed by atoms with E-state index in [2.05, 4.69) is 28.2 Å². The molecule has 4 heteroatoms. The SMILES string of the molecule is O=C(O)CCc1[nH]cnc1-c1ccc2c(c1)CCC2. The molecule has 0 aliphatic heterocycles. The molecular weight excluding hydrogens is 240 g/mol. The fourth-order valence-corrected chi connectivity index (χ4v) is 2.71. The molecule has 0 bridgehead atoms. The number of benzene rings is 1. The van der Waals surface area contributed by atoms with Crippen LogP contribution in [0.25, 0.3) is 11.3 Å². The zero-order valence-electron chi connectivity index (χ0n) is 10.6. The van der Waals surface area contributed by atoms with E-state index in [9.17, 15) is 4.79 Å². The number of aryl methyl sites for hydroxylation is 3. The maximum absolute atomic E-state index is 10.7. The minimum absolute atomic E-state index is 0.125. The zero-order valence-corrected chi connectivity index (χ0v) is 10.6. The van der Waals surface area contributed by atoms with E-state index in [0.29, 0.717) is 6.42 Å². The molecule has 1 aliphatic rings. The minimum Gasteiger partial charge on any atom is -0.481 e. The molecule has 0 unspecified atom stereocenters. The molecule has 0 spiro atoms. The molecule has 19 heavy (non-hydrogen) atoms. The number of aliphatic carboxylic acids is 1. The van der Waals surface area contributed by atoms with Crippen molar-refractivity contribution in [3.63, 3.8) is 0 Å². The fourth-order valence-electron chi connectivity index (χ4n) is 2.71. The summed E-state index contributed by atoms with van der Waals surface area (Å²) in [5.74, 6) is -0.783. The largest absolute Gasteiger partial charge is 0.481 e. The predicted molar refractivity (Wildman–Crippen MR) is 72.0 cm³/mol. The van der Waals surface area contributed by atoms with Gasteiger partial charge in [0.2, 0.25) is 0 Å². The van der Waals surface area contributed by atoms with Gasteiger partial charge >= 0.3 is 5.97 Å². The Morgan fingerprint density at radius 1 is 1.32 bits per heavy atom. The monoisotopic (exact) mass is 256 g/mol. The molecule has 0 saturated carbocycles. The maximum atomic E-state index is 10.7. The number of carboxylic acids is 1. The van der Waals surface area contributed by atoms with Crippen LogP contribution >= 0.6 is 0 Å². The smallest absolute Gasteiger partial charge is 0.303 e. The average Bonchev–Trinajstić information content (AvgIpc) is 3.04. The van der Waals surface area contributed by atoms with E-state index in [0.717, 1.165) is 23.4 Å². The molecule has 0 atom stereocenters. The van der Waals surface area contributed by atoms with Gasteiger partial charge in [0.1, 0.15) is 0 Å². The highest BCUT2D eigenvalue weighted by Crippen LogP contribution is 2.28. The van der Waals surface area contributed by atoms with Crippen LogP contribution < -0.4 is 0 Å². The quantitative estimate of drug-likeness (QED) is 0.883. The van der Waals surface area contributed by atoms with Gasteiger partial charge < -0.3 is 10.1 Å². The number of imidazole rings is 1. The van der Waals surface area contributed by atoms with E-state index in [4.69, 9.17) is 5.11 Å². The number of rotatable bonds is 4. The van der Waals surface area contributed by atoms with E-state index in [1.165, 1.54) is 24.0 Å². The van der Waals surface area contributed by atoms with Crippen molar-refractivity contribution in [2.24, 2.45) is 0 Å². The van der Waals surface area contributed by atoms with Crippen LogP contribution in [0.15, 0.2) is 24.5 Å². The van der Waals surface area contributed by atoms with Gasteiger partial charge in [0.05, 0.1) is 18.4 Å². The number of carboxylic acid groups (broad SMARTS) is 1. The molecule has 0 amide bonds. The number of hydrogen-bond donors (Lipinski definition) is 2. The molecule has 4 nitrogen and oxygen atoms in total. The van der Waals surface area contributed by atoms with Crippen molar-refractivity contribution >= 4 is 5.97 Å². The van der Waals surface area contributed by atoms with E-state index < -0.39 is 5.97 Å². The van der Waals surface area contributed by atoms with Crippen LogP contribution in [0, 0.1) is 0 Å². The summed E-state index contributed by atoms with van der Waals surface area (Å²) in [4.78, 5) is 18.1. The third-order valence-corrected chi connectivity index (χ3v) is 3.68. The molecule has 1 aromatic heterocycles. The highest BCUT2D eigenvalue weighted by Gasteiger charge is 2.14. The summed E-state index contributed by atoms with van der Waals surface area (Å²) in [6, 6.07) is 6.46. The fraction of sp³-hybridized carbons (Fsp3) is 0.333. The van der Waals surface area contributed by atoms with Crippen LogP contribution in [0.5, 0.6) is 0 Å². The lowest BCUT2D eigenvalue weighted by atomic mass is 10.0. The van der Waals surface area contributed by atoms with Gasteiger partial charge in [-0.1, -0.05) is 12.1 Å². The van der Waals surface area contributed by atoms with E-state index in [1.807, 2.05) is 0 Å². The summed E-state index contributed by atoms with van der Waals surface area (Å²) in [6.45, 7) is 0. The number of carbonyl (C=O) groups is 1.